The maximum absolute atomic E-state index is 12.7. The number of hydrogen-bond donors (Lipinski definition) is 0. The van der Waals surface area contributed by atoms with Crippen LogP contribution in [0.25, 0.3) is 0 Å². The van der Waals surface area contributed by atoms with Crippen molar-refractivity contribution in [2.24, 2.45) is 5.92 Å². The summed E-state index contributed by atoms with van der Waals surface area (Å²) in [5.41, 5.74) is 1.41. The molecule has 0 bridgehead atoms. The highest BCUT2D eigenvalue weighted by atomic mass is 16.5. The quantitative estimate of drug-likeness (QED) is 0.776. The Bertz CT molecular complexity index is 504. The summed E-state index contributed by atoms with van der Waals surface area (Å²) in [4.78, 5) is 17.6. The van der Waals surface area contributed by atoms with Crippen molar-refractivity contribution in [1.29, 1.82) is 0 Å². The van der Waals surface area contributed by atoms with E-state index in [0.717, 1.165) is 63.3 Å². The van der Waals surface area contributed by atoms with Crippen LogP contribution in [0, 0.1) is 5.92 Å². The summed E-state index contributed by atoms with van der Waals surface area (Å²) in [5, 5.41) is 0. The van der Waals surface area contributed by atoms with E-state index in [1.807, 2.05) is 7.11 Å². The zero-order valence-corrected chi connectivity index (χ0v) is 15.1. The van der Waals surface area contributed by atoms with Gasteiger partial charge in [-0.1, -0.05) is 6.08 Å². The molecule has 2 heterocycles. The third-order valence-corrected chi connectivity index (χ3v) is 6.80. The zero-order valence-electron chi connectivity index (χ0n) is 15.1. The minimum atomic E-state index is 0.322. The van der Waals surface area contributed by atoms with Gasteiger partial charge in [0.05, 0.1) is 6.61 Å². The fourth-order valence-corrected chi connectivity index (χ4v) is 5.14. The molecule has 0 aromatic rings. The topological polar surface area (TPSA) is 32.8 Å². The minimum absolute atomic E-state index is 0.322. The molecule has 3 fully saturated rings. The van der Waals surface area contributed by atoms with Gasteiger partial charge in [-0.3, -0.25) is 9.69 Å². The fourth-order valence-electron chi connectivity index (χ4n) is 5.14. The summed E-state index contributed by atoms with van der Waals surface area (Å²) in [6.45, 7) is 4.01. The number of ether oxygens (including phenoxy) is 1. The maximum atomic E-state index is 12.7. The van der Waals surface area contributed by atoms with Gasteiger partial charge in [-0.25, -0.2) is 0 Å². The maximum Gasteiger partial charge on any atom is 0.249 e. The van der Waals surface area contributed by atoms with Crippen LogP contribution in [0.15, 0.2) is 11.6 Å². The first kappa shape index (κ1) is 16.6. The van der Waals surface area contributed by atoms with Gasteiger partial charge in [0.15, 0.2) is 0 Å². The van der Waals surface area contributed by atoms with Crippen molar-refractivity contribution in [1.82, 2.24) is 9.80 Å². The first-order valence-corrected chi connectivity index (χ1v) is 9.96. The predicted molar refractivity (Wildman–Crippen MR) is 94.8 cm³/mol. The van der Waals surface area contributed by atoms with Gasteiger partial charge in [0, 0.05) is 43.9 Å². The molecule has 4 heteroatoms. The zero-order chi connectivity index (χ0) is 16.6. The van der Waals surface area contributed by atoms with Crippen LogP contribution in [0.2, 0.25) is 0 Å². The van der Waals surface area contributed by atoms with E-state index in [9.17, 15) is 4.79 Å². The van der Waals surface area contributed by atoms with Gasteiger partial charge in [0.25, 0.3) is 0 Å². The van der Waals surface area contributed by atoms with E-state index in [-0.39, 0.29) is 0 Å². The summed E-state index contributed by atoms with van der Waals surface area (Å²) < 4.78 is 5.51. The molecule has 4 aliphatic rings. The van der Waals surface area contributed by atoms with E-state index < -0.39 is 0 Å². The molecule has 1 spiro atoms. The molecule has 2 aliphatic carbocycles. The Labute approximate surface area is 146 Å². The standard InChI is InChI=1S/C20H32N2O2/c1-24-15-18-8-9-20(22(18)14-16-6-7-16)10-12-21(13-11-20)19(23)17-4-2-3-5-17/h4,16,18H,2-3,5-15H2,1H3/t18-/m0/s1. The van der Waals surface area contributed by atoms with Crippen molar-refractivity contribution in [3.63, 3.8) is 0 Å². The molecular formula is C20H32N2O2. The number of carbonyl (C=O) groups excluding carboxylic acids is 1. The minimum Gasteiger partial charge on any atom is -0.383 e. The summed E-state index contributed by atoms with van der Waals surface area (Å²) in [7, 11) is 1.83. The molecule has 4 nitrogen and oxygen atoms in total. The molecule has 2 aliphatic heterocycles. The molecule has 4 rings (SSSR count). The number of nitrogens with zero attached hydrogens (tertiary/aromatic N) is 2. The van der Waals surface area contributed by atoms with Crippen LogP contribution in [0.3, 0.4) is 0 Å². The average molecular weight is 332 g/mol. The Morgan fingerprint density at radius 2 is 2.04 bits per heavy atom. The second kappa shape index (κ2) is 6.80. The molecule has 0 unspecified atom stereocenters. The number of likely N-dealkylation sites (tertiary alicyclic amines) is 2. The van der Waals surface area contributed by atoms with Crippen LogP contribution in [0.1, 0.15) is 57.8 Å². The van der Waals surface area contributed by atoms with E-state index in [0.29, 0.717) is 17.5 Å². The molecule has 0 radical (unpaired) electrons. The molecule has 24 heavy (non-hydrogen) atoms. The lowest BCUT2D eigenvalue weighted by Crippen LogP contribution is -2.56. The van der Waals surface area contributed by atoms with Crippen molar-refractivity contribution in [3.05, 3.63) is 11.6 Å². The highest BCUT2D eigenvalue weighted by Gasteiger charge is 2.49. The van der Waals surface area contributed by atoms with Crippen LogP contribution < -0.4 is 0 Å². The molecule has 2 saturated heterocycles. The van der Waals surface area contributed by atoms with Crippen molar-refractivity contribution < 1.29 is 9.53 Å². The van der Waals surface area contributed by atoms with E-state index in [2.05, 4.69) is 15.9 Å². The van der Waals surface area contributed by atoms with Gasteiger partial charge in [-0.2, -0.15) is 0 Å². The van der Waals surface area contributed by atoms with Crippen LogP contribution in [-0.4, -0.2) is 60.6 Å². The Hall–Kier alpha value is -0.870. The SMILES string of the molecule is COC[C@@H]1CCC2(CCN(C(=O)C3=CCCC3)CC2)N1CC1CC1. The number of piperidine rings is 1. The van der Waals surface area contributed by atoms with Crippen LogP contribution in [0.5, 0.6) is 0 Å². The first-order chi connectivity index (χ1) is 11.7. The van der Waals surface area contributed by atoms with E-state index in [4.69, 9.17) is 4.74 Å². The van der Waals surface area contributed by atoms with Crippen molar-refractivity contribution in [3.8, 4) is 0 Å². The number of carbonyl (C=O) groups is 1. The molecular weight excluding hydrogens is 300 g/mol. The van der Waals surface area contributed by atoms with Gasteiger partial charge < -0.3 is 9.64 Å². The Balaban J connectivity index is 1.41. The Kier molecular flexibility index (Phi) is 4.70. The predicted octanol–water partition coefficient (Wildman–Crippen LogP) is 2.98. The third kappa shape index (κ3) is 3.15. The van der Waals surface area contributed by atoms with Gasteiger partial charge in [0.1, 0.15) is 0 Å². The van der Waals surface area contributed by atoms with Gasteiger partial charge >= 0.3 is 0 Å². The molecule has 1 saturated carbocycles. The van der Waals surface area contributed by atoms with Gasteiger partial charge in [-0.15, -0.1) is 0 Å². The van der Waals surface area contributed by atoms with Crippen LogP contribution >= 0.6 is 0 Å². The number of allylic oxidation sites excluding steroid dienone is 1. The summed E-state index contributed by atoms with van der Waals surface area (Å²) >= 11 is 0. The van der Waals surface area contributed by atoms with E-state index in [1.54, 1.807) is 0 Å². The number of hydrogen-bond acceptors (Lipinski definition) is 3. The van der Waals surface area contributed by atoms with Crippen LogP contribution in [0.4, 0.5) is 0 Å². The average Bonchev–Trinajstić information content (AvgIpc) is 3.14. The Morgan fingerprint density at radius 3 is 2.67 bits per heavy atom. The molecule has 0 aromatic carbocycles. The van der Waals surface area contributed by atoms with E-state index >= 15 is 0 Å². The van der Waals surface area contributed by atoms with Crippen molar-refractivity contribution in [2.75, 3.05) is 33.4 Å². The van der Waals surface area contributed by atoms with Crippen molar-refractivity contribution in [2.45, 2.75) is 69.4 Å². The normalized spacial score (nSPS) is 30.1. The summed E-state index contributed by atoms with van der Waals surface area (Å²) in [6.07, 6.45) is 13.1. The van der Waals surface area contributed by atoms with Gasteiger partial charge in [-0.05, 0) is 63.7 Å². The summed E-state index contributed by atoms with van der Waals surface area (Å²) in [6, 6.07) is 0.593. The fraction of sp³-hybridized carbons (Fsp3) is 0.850. The number of amides is 1. The molecule has 0 N–H and O–H groups in total. The smallest absolute Gasteiger partial charge is 0.249 e. The first-order valence-electron chi connectivity index (χ1n) is 9.96. The highest BCUT2D eigenvalue weighted by Crippen LogP contribution is 2.44. The lowest BCUT2D eigenvalue weighted by molar-refractivity contribution is -0.130. The second-order valence-corrected chi connectivity index (χ2v) is 8.38. The molecule has 1 atom stereocenters. The largest absolute Gasteiger partial charge is 0.383 e. The number of rotatable bonds is 5. The van der Waals surface area contributed by atoms with Crippen molar-refractivity contribution >= 4 is 5.91 Å². The second-order valence-electron chi connectivity index (χ2n) is 8.38. The molecule has 134 valence electrons. The van der Waals surface area contributed by atoms with Gasteiger partial charge in [0.2, 0.25) is 5.91 Å². The monoisotopic (exact) mass is 332 g/mol. The third-order valence-electron chi connectivity index (χ3n) is 6.80. The lowest BCUT2D eigenvalue weighted by Gasteiger charge is -2.47. The summed E-state index contributed by atoms with van der Waals surface area (Å²) in [5.74, 6) is 1.24. The molecule has 0 aromatic heterocycles. The Morgan fingerprint density at radius 1 is 1.25 bits per heavy atom. The number of methoxy groups -OCH3 is 1. The van der Waals surface area contributed by atoms with E-state index in [1.165, 1.54) is 32.2 Å². The lowest BCUT2D eigenvalue weighted by atomic mass is 9.84. The highest BCUT2D eigenvalue weighted by molar-refractivity contribution is 5.93. The molecule has 1 amide bonds. The van der Waals surface area contributed by atoms with Crippen LogP contribution in [-0.2, 0) is 9.53 Å².